The second kappa shape index (κ2) is 8.93. The number of benzene rings is 2. The van der Waals surface area contributed by atoms with Gasteiger partial charge in [0.1, 0.15) is 23.2 Å². The molecule has 1 amide bonds. The molecular formula is C24H20N2O4. The molecule has 3 aromatic rings. The number of methoxy groups -OCH3 is 1. The fraction of sp³-hybridized carbons (Fsp3) is 0.125. The largest absolute Gasteiger partial charge is 0.465 e. The van der Waals surface area contributed by atoms with Gasteiger partial charge in [0.15, 0.2) is 0 Å². The summed E-state index contributed by atoms with van der Waals surface area (Å²) in [5.41, 5.74) is 3.68. The highest BCUT2D eigenvalue weighted by atomic mass is 16.5. The Kier molecular flexibility index (Phi) is 6.14. The van der Waals surface area contributed by atoms with E-state index in [9.17, 15) is 14.9 Å². The predicted molar refractivity (Wildman–Crippen MR) is 114 cm³/mol. The minimum atomic E-state index is -0.516. The average Bonchev–Trinajstić information content (AvgIpc) is 3.21. The Morgan fingerprint density at radius 3 is 2.43 bits per heavy atom. The molecule has 0 radical (unpaired) electrons. The molecule has 0 atom stereocenters. The number of esters is 1. The number of ether oxygens (including phenoxy) is 1. The standard InChI is InChI=1S/C24H20N2O4/c1-15-4-7-19(8-5-15)26-23(27)18(14-25)13-20-9-11-22(30-20)21-10-6-17(12-16(21)2)24(28)29-3/h4-13H,1-3H3,(H,26,27)/b18-13-. The lowest BCUT2D eigenvalue weighted by atomic mass is 10.0. The number of furan rings is 1. The molecule has 1 heterocycles. The Hall–Kier alpha value is -4.11. The minimum absolute atomic E-state index is 0.0748. The van der Waals surface area contributed by atoms with Crippen LogP contribution >= 0.6 is 0 Å². The number of anilines is 1. The van der Waals surface area contributed by atoms with Crippen molar-refractivity contribution in [3.05, 3.63) is 82.6 Å². The lowest BCUT2D eigenvalue weighted by Crippen LogP contribution is -2.13. The van der Waals surface area contributed by atoms with Crippen LogP contribution in [0.15, 0.2) is 64.6 Å². The van der Waals surface area contributed by atoms with Crippen LogP contribution in [-0.2, 0) is 9.53 Å². The average molecular weight is 400 g/mol. The number of nitrogens with one attached hydrogen (secondary N) is 1. The van der Waals surface area contributed by atoms with E-state index in [-0.39, 0.29) is 5.57 Å². The van der Waals surface area contributed by atoms with E-state index in [1.807, 2.05) is 32.0 Å². The van der Waals surface area contributed by atoms with Gasteiger partial charge in [-0.25, -0.2) is 4.79 Å². The lowest BCUT2D eigenvalue weighted by molar-refractivity contribution is -0.112. The summed E-state index contributed by atoms with van der Waals surface area (Å²) >= 11 is 0. The summed E-state index contributed by atoms with van der Waals surface area (Å²) in [6.07, 6.45) is 1.39. The molecule has 150 valence electrons. The zero-order valence-electron chi connectivity index (χ0n) is 16.9. The van der Waals surface area contributed by atoms with E-state index in [1.165, 1.54) is 13.2 Å². The SMILES string of the molecule is COC(=O)c1ccc(-c2ccc(/C=C(/C#N)C(=O)Nc3ccc(C)cc3)o2)c(C)c1. The van der Waals surface area contributed by atoms with Gasteiger partial charge in [0.05, 0.1) is 12.7 Å². The van der Waals surface area contributed by atoms with Crippen molar-refractivity contribution in [2.24, 2.45) is 0 Å². The summed E-state index contributed by atoms with van der Waals surface area (Å²) in [5, 5.41) is 12.1. The van der Waals surface area contributed by atoms with E-state index in [2.05, 4.69) is 5.32 Å². The molecule has 0 saturated heterocycles. The van der Waals surface area contributed by atoms with E-state index < -0.39 is 11.9 Å². The Morgan fingerprint density at radius 1 is 1.07 bits per heavy atom. The van der Waals surface area contributed by atoms with Gasteiger partial charge in [0.25, 0.3) is 5.91 Å². The van der Waals surface area contributed by atoms with Crippen LogP contribution < -0.4 is 5.32 Å². The van der Waals surface area contributed by atoms with E-state index >= 15 is 0 Å². The molecule has 0 fully saturated rings. The monoisotopic (exact) mass is 400 g/mol. The first-order chi connectivity index (χ1) is 14.4. The molecule has 6 nitrogen and oxygen atoms in total. The van der Waals surface area contributed by atoms with Gasteiger partial charge >= 0.3 is 5.97 Å². The summed E-state index contributed by atoms with van der Waals surface area (Å²) in [4.78, 5) is 24.1. The molecule has 3 rings (SSSR count). The third-order valence-corrected chi connectivity index (χ3v) is 4.50. The van der Waals surface area contributed by atoms with Gasteiger partial charge in [-0.15, -0.1) is 0 Å². The first kappa shape index (κ1) is 20.6. The number of nitriles is 1. The highest BCUT2D eigenvalue weighted by Gasteiger charge is 2.13. The maximum atomic E-state index is 12.4. The van der Waals surface area contributed by atoms with Crippen molar-refractivity contribution in [2.45, 2.75) is 13.8 Å². The maximum Gasteiger partial charge on any atom is 0.337 e. The number of carbonyl (C=O) groups excluding carboxylic acids is 2. The number of nitrogens with zero attached hydrogens (tertiary/aromatic N) is 1. The molecule has 0 aliphatic rings. The van der Waals surface area contributed by atoms with Gasteiger partial charge in [0.2, 0.25) is 0 Å². The molecule has 0 bridgehead atoms. The predicted octanol–water partition coefficient (Wildman–Crippen LogP) is 4.90. The molecule has 1 aromatic heterocycles. The number of rotatable bonds is 5. The van der Waals surface area contributed by atoms with E-state index in [4.69, 9.17) is 9.15 Å². The van der Waals surface area contributed by atoms with Crippen LogP contribution in [0, 0.1) is 25.2 Å². The fourth-order valence-corrected chi connectivity index (χ4v) is 2.89. The number of hydrogen-bond acceptors (Lipinski definition) is 5. The van der Waals surface area contributed by atoms with Crippen molar-refractivity contribution in [1.29, 1.82) is 5.26 Å². The van der Waals surface area contributed by atoms with Gasteiger partial charge in [-0.1, -0.05) is 23.8 Å². The molecule has 0 saturated carbocycles. The zero-order valence-corrected chi connectivity index (χ0v) is 16.9. The molecule has 0 unspecified atom stereocenters. The Labute approximate surface area is 174 Å². The lowest BCUT2D eigenvalue weighted by Gasteiger charge is -2.05. The maximum absolute atomic E-state index is 12.4. The molecular weight excluding hydrogens is 380 g/mol. The summed E-state index contributed by atoms with van der Waals surface area (Å²) in [6, 6.07) is 17.8. The van der Waals surface area contributed by atoms with Crippen LogP contribution in [-0.4, -0.2) is 19.0 Å². The smallest absolute Gasteiger partial charge is 0.337 e. The van der Waals surface area contributed by atoms with E-state index in [0.29, 0.717) is 22.8 Å². The van der Waals surface area contributed by atoms with Gasteiger partial charge < -0.3 is 14.5 Å². The second-order valence-corrected chi connectivity index (χ2v) is 6.71. The fourth-order valence-electron chi connectivity index (χ4n) is 2.89. The highest BCUT2D eigenvalue weighted by molar-refractivity contribution is 6.09. The minimum Gasteiger partial charge on any atom is -0.465 e. The molecule has 1 N–H and O–H groups in total. The second-order valence-electron chi connectivity index (χ2n) is 6.71. The molecule has 0 aliphatic carbocycles. The van der Waals surface area contributed by atoms with Crippen molar-refractivity contribution in [1.82, 2.24) is 0 Å². The van der Waals surface area contributed by atoms with Crippen LogP contribution in [0.1, 0.15) is 27.2 Å². The van der Waals surface area contributed by atoms with Gasteiger partial charge in [-0.2, -0.15) is 5.26 Å². The number of aryl methyl sites for hydroxylation is 2. The first-order valence-electron chi connectivity index (χ1n) is 9.20. The number of carbonyl (C=O) groups is 2. The molecule has 2 aromatic carbocycles. The van der Waals surface area contributed by atoms with Crippen LogP contribution in [0.3, 0.4) is 0 Å². The van der Waals surface area contributed by atoms with Gasteiger partial charge in [0, 0.05) is 17.3 Å². The number of hydrogen-bond donors (Lipinski definition) is 1. The van der Waals surface area contributed by atoms with Crippen molar-refractivity contribution in [3.63, 3.8) is 0 Å². The third kappa shape index (κ3) is 4.65. The molecule has 30 heavy (non-hydrogen) atoms. The topological polar surface area (TPSA) is 92.3 Å². The quantitative estimate of drug-likeness (QED) is 0.374. The van der Waals surface area contributed by atoms with Crippen LogP contribution in [0.2, 0.25) is 0 Å². The van der Waals surface area contributed by atoms with Crippen LogP contribution in [0.25, 0.3) is 17.4 Å². The van der Waals surface area contributed by atoms with Crippen LogP contribution in [0.4, 0.5) is 5.69 Å². The van der Waals surface area contributed by atoms with Crippen molar-refractivity contribution >= 4 is 23.6 Å². The summed E-state index contributed by atoms with van der Waals surface area (Å²) < 4.78 is 10.5. The zero-order chi connectivity index (χ0) is 21.7. The van der Waals surface area contributed by atoms with E-state index in [1.54, 1.807) is 42.5 Å². The molecule has 0 aliphatic heterocycles. The van der Waals surface area contributed by atoms with Gasteiger partial charge in [-0.05, 0) is 55.8 Å². The van der Waals surface area contributed by atoms with E-state index in [0.717, 1.165) is 16.7 Å². The Morgan fingerprint density at radius 2 is 1.80 bits per heavy atom. The summed E-state index contributed by atoms with van der Waals surface area (Å²) in [7, 11) is 1.33. The summed E-state index contributed by atoms with van der Waals surface area (Å²) in [5.74, 6) is 0.00679. The van der Waals surface area contributed by atoms with Crippen molar-refractivity contribution in [2.75, 3.05) is 12.4 Å². The first-order valence-corrected chi connectivity index (χ1v) is 9.20. The third-order valence-electron chi connectivity index (χ3n) is 4.50. The number of amides is 1. The normalized spacial score (nSPS) is 10.9. The summed E-state index contributed by atoms with van der Waals surface area (Å²) in [6.45, 7) is 3.81. The highest BCUT2D eigenvalue weighted by Crippen LogP contribution is 2.27. The Bertz CT molecular complexity index is 1160. The molecule has 0 spiro atoms. The molecule has 6 heteroatoms. The Balaban J connectivity index is 1.81. The van der Waals surface area contributed by atoms with Crippen LogP contribution in [0.5, 0.6) is 0 Å². The van der Waals surface area contributed by atoms with Crippen molar-refractivity contribution in [3.8, 4) is 17.4 Å². The van der Waals surface area contributed by atoms with Crippen molar-refractivity contribution < 1.29 is 18.7 Å². The van der Waals surface area contributed by atoms with Gasteiger partial charge in [-0.3, -0.25) is 4.79 Å².